The molecule has 7 nitrogen and oxygen atoms in total. The molecule has 5 N–H and O–H groups in total. The van der Waals surface area contributed by atoms with E-state index in [9.17, 15) is 19.5 Å². The molecule has 21 heavy (non-hydrogen) atoms. The summed E-state index contributed by atoms with van der Waals surface area (Å²) >= 11 is 1.54. The summed E-state index contributed by atoms with van der Waals surface area (Å²) in [7, 11) is 0. The molecular formula is C13H25N3O4S. The predicted octanol–water partition coefficient (Wildman–Crippen LogP) is 0.782. The summed E-state index contributed by atoms with van der Waals surface area (Å²) in [6.07, 6.45) is 2.30. The Bertz CT molecular complexity index is 410. The summed E-state index contributed by atoms with van der Waals surface area (Å²) in [5.41, 5.74) is 2.91. The fourth-order valence-electron chi connectivity index (χ4n) is 1.49. The van der Waals surface area contributed by atoms with Gasteiger partial charge in [0.25, 0.3) is 0 Å². The van der Waals surface area contributed by atoms with E-state index in [4.69, 9.17) is 5.73 Å². The van der Waals surface area contributed by atoms with Crippen LogP contribution in [0, 0.1) is 5.41 Å². The lowest BCUT2D eigenvalue weighted by atomic mass is 9.74. The maximum Gasteiger partial charge on any atom is 0.312 e. The van der Waals surface area contributed by atoms with Crippen molar-refractivity contribution in [3.63, 3.8) is 0 Å². The second-order valence-corrected chi connectivity index (χ2v) is 6.87. The van der Waals surface area contributed by atoms with E-state index in [1.165, 1.54) is 25.6 Å². The van der Waals surface area contributed by atoms with Gasteiger partial charge in [-0.05, 0) is 46.1 Å². The average Bonchev–Trinajstić information content (AvgIpc) is 2.32. The van der Waals surface area contributed by atoms with Crippen LogP contribution in [0.15, 0.2) is 0 Å². The number of hydrogen-bond acceptors (Lipinski definition) is 4. The second-order valence-electron chi connectivity index (χ2n) is 5.89. The van der Waals surface area contributed by atoms with Crippen LogP contribution in [0.2, 0.25) is 0 Å². The second kappa shape index (κ2) is 7.53. The van der Waals surface area contributed by atoms with Gasteiger partial charge in [0.05, 0.1) is 11.0 Å². The Morgan fingerprint density at radius 3 is 2.14 bits per heavy atom. The van der Waals surface area contributed by atoms with Gasteiger partial charge >= 0.3 is 12.0 Å². The Labute approximate surface area is 129 Å². The third-order valence-electron chi connectivity index (χ3n) is 3.78. The summed E-state index contributed by atoms with van der Waals surface area (Å²) in [5, 5.41) is 14.3. The lowest BCUT2D eigenvalue weighted by molar-refractivity contribution is -0.152. The van der Waals surface area contributed by atoms with Gasteiger partial charge in [-0.2, -0.15) is 11.8 Å². The molecule has 0 aliphatic heterocycles. The Balaban J connectivity index is 5.03. The molecule has 0 spiro atoms. The maximum atomic E-state index is 12.3. The normalized spacial score (nSPS) is 13.4. The molecule has 0 aromatic rings. The van der Waals surface area contributed by atoms with E-state index in [0.29, 0.717) is 12.2 Å². The Morgan fingerprint density at radius 1 is 1.24 bits per heavy atom. The number of amides is 3. The standard InChI is InChI=1S/C13H25N3O4S/c1-12(2,10(18)19)13(3,4)16-9(17)8(6-7-21-5)15-11(14)20/h8H,6-7H2,1-5H3,(H,16,17)(H,18,19)(H3,14,15,20). The number of carbonyl (C=O) groups is 3. The summed E-state index contributed by atoms with van der Waals surface area (Å²) in [5.74, 6) is -0.792. The zero-order valence-electron chi connectivity index (χ0n) is 13.1. The van der Waals surface area contributed by atoms with Gasteiger partial charge in [-0.3, -0.25) is 9.59 Å². The SMILES string of the molecule is CSCCC(NC(N)=O)C(=O)NC(C)(C)C(C)(C)C(=O)O. The highest BCUT2D eigenvalue weighted by atomic mass is 32.2. The van der Waals surface area contributed by atoms with Crippen LogP contribution in [-0.4, -0.2) is 46.6 Å². The van der Waals surface area contributed by atoms with E-state index in [-0.39, 0.29) is 0 Å². The molecule has 1 atom stereocenters. The van der Waals surface area contributed by atoms with Gasteiger partial charge in [-0.25, -0.2) is 4.79 Å². The molecule has 0 heterocycles. The van der Waals surface area contributed by atoms with Crippen molar-refractivity contribution in [2.24, 2.45) is 11.1 Å². The van der Waals surface area contributed by atoms with Crippen LogP contribution in [0.1, 0.15) is 34.1 Å². The smallest absolute Gasteiger partial charge is 0.312 e. The van der Waals surface area contributed by atoms with E-state index in [0.717, 1.165) is 0 Å². The molecule has 0 bridgehead atoms. The molecule has 0 saturated heterocycles. The van der Waals surface area contributed by atoms with Crippen LogP contribution in [0.3, 0.4) is 0 Å². The molecule has 0 rings (SSSR count). The number of carboxylic acid groups (broad SMARTS) is 1. The number of urea groups is 1. The minimum absolute atomic E-state index is 0.416. The van der Waals surface area contributed by atoms with Gasteiger partial charge in [0.1, 0.15) is 6.04 Å². The Morgan fingerprint density at radius 2 is 1.76 bits per heavy atom. The number of nitrogens with one attached hydrogen (secondary N) is 2. The quantitative estimate of drug-likeness (QED) is 0.527. The summed E-state index contributed by atoms with van der Waals surface area (Å²) in [6, 6.07) is -1.56. The van der Waals surface area contributed by atoms with Crippen LogP contribution < -0.4 is 16.4 Å². The van der Waals surface area contributed by atoms with Gasteiger partial charge < -0.3 is 21.5 Å². The number of carboxylic acids is 1. The zero-order valence-corrected chi connectivity index (χ0v) is 14.0. The molecule has 0 aliphatic rings. The van der Waals surface area contributed by atoms with Gasteiger partial charge in [0.15, 0.2) is 0 Å². The van der Waals surface area contributed by atoms with Crippen LogP contribution in [-0.2, 0) is 9.59 Å². The lowest BCUT2D eigenvalue weighted by Gasteiger charge is -2.39. The first-order chi connectivity index (χ1) is 9.45. The molecule has 0 aliphatic carbocycles. The highest BCUT2D eigenvalue weighted by Gasteiger charge is 2.45. The van der Waals surface area contributed by atoms with Crippen molar-refractivity contribution >= 4 is 29.7 Å². The van der Waals surface area contributed by atoms with Gasteiger partial charge in [-0.1, -0.05) is 0 Å². The fourth-order valence-corrected chi connectivity index (χ4v) is 1.97. The van der Waals surface area contributed by atoms with Crippen molar-refractivity contribution in [3.8, 4) is 0 Å². The third kappa shape index (κ3) is 5.45. The number of hydrogen-bond donors (Lipinski definition) is 4. The third-order valence-corrected chi connectivity index (χ3v) is 4.42. The summed E-state index contributed by atoms with van der Waals surface area (Å²) < 4.78 is 0. The average molecular weight is 319 g/mol. The predicted molar refractivity (Wildman–Crippen MR) is 83.1 cm³/mol. The molecule has 3 amide bonds. The van der Waals surface area contributed by atoms with Crippen LogP contribution in [0.25, 0.3) is 0 Å². The summed E-state index contributed by atoms with van der Waals surface area (Å²) in [4.78, 5) is 34.6. The number of primary amides is 1. The number of thioether (sulfide) groups is 1. The first-order valence-corrected chi connectivity index (χ1v) is 7.95. The molecule has 8 heteroatoms. The highest BCUT2D eigenvalue weighted by molar-refractivity contribution is 7.98. The topological polar surface area (TPSA) is 122 Å². The maximum absolute atomic E-state index is 12.3. The molecule has 0 fully saturated rings. The largest absolute Gasteiger partial charge is 0.481 e. The van der Waals surface area contributed by atoms with E-state index in [1.807, 2.05) is 6.26 Å². The lowest BCUT2D eigenvalue weighted by Crippen LogP contribution is -2.61. The zero-order chi connectivity index (χ0) is 16.8. The Hall–Kier alpha value is -1.44. The number of rotatable bonds is 8. The highest BCUT2D eigenvalue weighted by Crippen LogP contribution is 2.30. The van der Waals surface area contributed by atoms with Crippen LogP contribution >= 0.6 is 11.8 Å². The van der Waals surface area contributed by atoms with E-state index >= 15 is 0 Å². The van der Waals surface area contributed by atoms with E-state index in [2.05, 4.69) is 10.6 Å². The van der Waals surface area contributed by atoms with Crippen molar-refractivity contribution in [2.45, 2.75) is 45.7 Å². The first-order valence-electron chi connectivity index (χ1n) is 6.56. The summed E-state index contributed by atoms with van der Waals surface area (Å²) in [6.45, 7) is 6.34. The van der Waals surface area contributed by atoms with Gasteiger partial charge in [-0.15, -0.1) is 0 Å². The van der Waals surface area contributed by atoms with Gasteiger partial charge in [0, 0.05) is 0 Å². The molecule has 122 valence electrons. The minimum atomic E-state index is -1.17. The number of nitrogens with two attached hydrogens (primary N) is 1. The molecule has 0 radical (unpaired) electrons. The first kappa shape index (κ1) is 19.6. The van der Waals surface area contributed by atoms with Crippen LogP contribution in [0.4, 0.5) is 4.79 Å². The van der Waals surface area contributed by atoms with Crippen LogP contribution in [0.5, 0.6) is 0 Å². The van der Waals surface area contributed by atoms with Crippen molar-refractivity contribution in [3.05, 3.63) is 0 Å². The van der Waals surface area contributed by atoms with Crippen molar-refractivity contribution in [1.82, 2.24) is 10.6 Å². The van der Waals surface area contributed by atoms with Gasteiger partial charge in [0.2, 0.25) is 5.91 Å². The monoisotopic (exact) mass is 319 g/mol. The minimum Gasteiger partial charge on any atom is -0.481 e. The van der Waals surface area contributed by atoms with E-state index in [1.54, 1.807) is 13.8 Å². The Kier molecular flexibility index (Phi) is 7.02. The van der Waals surface area contributed by atoms with Crippen molar-refractivity contribution in [1.29, 1.82) is 0 Å². The van der Waals surface area contributed by atoms with Crippen molar-refractivity contribution < 1.29 is 19.5 Å². The number of aliphatic carboxylic acids is 1. The molecule has 0 aromatic heterocycles. The number of carbonyl (C=O) groups excluding carboxylic acids is 2. The molecule has 0 saturated carbocycles. The molecular weight excluding hydrogens is 294 g/mol. The van der Waals surface area contributed by atoms with Crippen molar-refractivity contribution in [2.75, 3.05) is 12.0 Å². The fraction of sp³-hybridized carbons (Fsp3) is 0.769. The molecule has 0 aromatic carbocycles. The molecule has 1 unspecified atom stereocenters. The van der Waals surface area contributed by atoms with E-state index < -0.39 is 34.9 Å².